The normalized spacial score (nSPS) is 24.5. The van der Waals surface area contributed by atoms with Crippen molar-refractivity contribution in [1.29, 1.82) is 0 Å². The Balaban J connectivity index is 2.31. The van der Waals surface area contributed by atoms with E-state index in [0.29, 0.717) is 12.1 Å². The van der Waals surface area contributed by atoms with Gasteiger partial charge in [0.25, 0.3) is 0 Å². The molecule has 0 spiro atoms. The van der Waals surface area contributed by atoms with Gasteiger partial charge >= 0.3 is 0 Å². The van der Waals surface area contributed by atoms with E-state index in [4.69, 9.17) is 0 Å². The van der Waals surface area contributed by atoms with Crippen LogP contribution >= 0.6 is 0 Å². The molecule has 1 heterocycles. The van der Waals surface area contributed by atoms with Crippen molar-refractivity contribution in [2.24, 2.45) is 11.8 Å². The molecule has 0 aromatic heterocycles. The Kier molecular flexibility index (Phi) is 6.50. The Hall–Kier alpha value is -0.0800. The smallest absolute Gasteiger partial charge is 0.00705 e. The molecule has 0 amide bonds. The van der Waals surface area contributed by atoms with Crippen LogP contribution in [0.5, 0.6) is 0 Å². The van der Waals surface area contributed by atoms with Gasteiger partial charge in [0.2, 0.25) is 0 Å². The number of hydrogen-bond acceptors (Lipinski definition) is 2. The van der Waals surface area contributed by atoms with Crippen molar-refractivity contribution >= 4 is 0 Å². The van der Waals surface area contributed by atoms with Gasteiger partial charge < -0.3 is 10.2 Å². The fourth-order valence-electron chi connectivity index (χ4n) is 2.84. The van der Waals surface area contributed by atoms with Gasteiger partial charge in [0, 0.05) is 12.1 Å². The first-order valence-electron chi connectivity index (χ1n) is 7.56. The molecule has 0 radical (unpaired) electrons. The summed E-state index contributed by atoms with van der Waals surface area (Å²) in [5.41, 5.74) is 0. The number of piperidine rings is 1. The number of likely N-dealkylation sites (tertiary alicyclic amines) is 1. The van der Waals surface area contributed by atoms with Gasteiger partial charge in [-0.15, -0.1) is 0 Å². The zero-order valence-corrected chi connectivity index (χ0v) is 12.5. The second kappa shape index (κ2) is 7.38. The molecule has 0 bridgehead atoms. The molecule has 1 saturated heterocycles. The second-order valence-electron chi connectivity index (χ2n) is 5.90. The third-order valence-electron chi connectivity index (χ3n) is 4.81. The summed E-state index contributed by atoms with van der Waals surface area (Å²) in [7, 11) is 0. The van der Waals surface area contributed by atoms with Crippen LogP contribution in [0.15, 0.2) is 0 Å². The Bertz CT molecular complexity index is 197. The lowest BCUT2D eigenvalue weighted by Crippen LogP contribution is -2.46. The van der Waals surface area contributed by atoms with Crippen LogP contribution in [-0.4, -0.2) is 36.6 Å². The summed E-state index contributed by atoms with van der Waals surface area (Å²) in [6, 6.07) is 1.33. The van der Waals surface area contributed by atoms with Crippen molar-refractivity contribution in [3.8, 4) is 0 Å². The first-order valence-corrected chi connectivity index (χ1v) is 7.56. The molecule has 3 atom stereocenters. The van der Waals surface area contributed by atoms with E-state index in [1.54, 1.807) is 0 Å². The average Bonchev–Trinajstić information content (AvgIpc) is 2.37. The van der Waals surface area contributed by atoms with Crippen molar-refractivity contribution in [2.75, 3.05) is 19.6 Å². The molecule has 0 aromatic carbocycles. The summed E-state index contributed by atoms with van der Waals surface area (Å²) in [5.74, 6) is 1.66. The molecule has 1 rings (SSSR count). The highest BCUT2D eigenvalue weighted by Crippen LogP contribution is 2.21. The van der Waals surface area contributed by atoms with E-state index < -0.39 is 0 Å². The molecule has 3 unspecified atom stereocenters. The van der Waals surface area contributed by atoms with Gasteiger partial charge in [-0.2, -0.15) is 0 Å². The monoisotopic (exact) mass is 240 g/mol. The van der Waals surface area contributed by atoms with Crippen LogP contribution in [-0.2, 0) is 0 Å². The highest BCUT2D eigenvalue weighted by atomic mass is 15.1. The van der Waals surface area contributed by atoms with Crippen molar-refractivity contribution in [3.63, 3.8) is 0 Å². The number of nitrogens with one attached hydrogen (secondary N) is 1. The average molecular weight is 240 g/mol. The molecule has 2 nitrogen and oxygen atoms in total. The highest BCUT2D eigenvalue weighted by molar-refractivity contribution is 4.81. The summed E-state index contributed by atoms with van der Waals surface area (Å²) < 4.78 is 0. The van der Waals surface area contributed by atoms with E-state index in [1.165, 1.54) is 38.9 Å². The van der Waals surface area contributed by atoms with Gasteiger partial charge in [-0.25, -0.2) is 0 Å². The maximum Gasteiger partial charge on any atom is 0.00705 e. The summed E-state index contributed by atoms with van der Waals surface area (Å²) in [5, 5.41) is 3.81. The Morgan fingerprint density at radius 3 is 2.18 bits per heavy atom. The molecule has 0 aromatic rings. The minimum atomic E-state index is 0.652. The quantitative estimate of drug-likeness (QED) is 0.767. The van der Waals surface area contributed by atoms with E-state index in [-0.39, 0.29) is 0 Å². The Labute approximate surface area is 108 Å². The number of hydrogen-bond donors (Lipinski definition) is 1. The van der Waals surface area contributed by atoms with E-state index in [1.807, 2.05) is 0 Å². The summed E-state index contributed by atoms with van der Waals surface area (Å²) >= 11 is 0. The lowest BCUT2D eigenvalue weighted by molar-refractivity contribution is 0.160. The molecule has 1 fully saturated rings. The zero-order chi connectivity index (χ0) is 12.8. The van der Waals surface area contributed by atoms with Crippen molar-refractivity contribution in [2.45, 2.75) is 66.0 Å². The SMILES string of the molecule is CCC(C)C(C)NC(C)C1CCN(CC)CC1. The van der Waals surface area contributed by atoms with Crippen LogP contribution in [0, 0.1) is 11.8 Å². The Morgan fingerprint density at radius 2 is 1.71 bits per heavy atom. The first kappa shape index (κ1) is 15.0. The topological polar surface area (TPSA) is 15.3 Å². The first-order chi connectivity index (χ1) is 8.08. The van der Waals surface area contributed by atoms with Crippen LogP contribution in [0.25, 0.3) is 0 Å². The van der Waals surface area contributed by atoms with Crippen molar-refractivity contribution in [1.82, 2.24) is 10.2 Å². The van der Waals surface area contributed by atoms with Crippen molar-refractivity contribution in [3.05, 3.63) is 0 Å². The van der Waals surface area contributed by atoms with E-state index >= 15 is 0 Å². The van der Waals surface area contributed by atoms with Crippen LogP contribution < -0.4 is 5.32 Å². The standard InChI is InChI=1S/C15H32N2/c1-6-12(3)13(4)16-14(5)15-8-10-17(7-2)11-9-15/h12-16H,6-11H2,1-5H3. The van der Waals surface area contributed by atoms with Gasteiger partial charge in [-0.3, -0.25) is 0 Å². The minimum Gasteiger partial charge on any atom is -0.311 e. The van der Waals surface area contributed by atoms with Gasteiger partial charge in [-0.1, -0.05) is 27.2 Å². The maximum atomic E-state index is 3.81. The number of nitrogens with zero attached hydrogens (tertiary/aromatic N) is 1. The predicted octanol–water partition coefficient (Wildman–Crippen LogP) is 3.13. The van der Waals surface area contributed by atoms with Crippen LogP contribution in [0.1, 0.15) is 53.9 Å². The molecule has 0 aliphatic carbocycles. The Morgan fingerprint density at radius 1 is 1.12 bits per heavy atom. The molecule has 1 aliphatic heterocycles. The van der Waals surface area contributed by atoms with Gasteiger partial charge in [0.15, 0.2) is 0 Å². The molecule has 1 aliphatic rings. The maximum absolute atomic E-state index is 3.81. The predicted molar refractivity (Wildman–Crippen MR) is 76.4 cm³/mol. The fourth-order valence-corrected chi connectivity index (χ4v) is 2.84. The molecule has 17 heavy (non-hydrogen) atoms. The van der Waals surface area contributed by atoms with E-state index in [0.717, 1.165) is 11.8 Å². The highest BCUT2D eigenvalue weighted by Gasteiger charge is 2.24. The van der Waals surface area contributed by atoms with Crippen LogP contribution in [0.4, 0.5) is 0 Å². The molecular formula is C15H32N2. The zero-order valence-electron chi connectivity index (χ0n) is 12.5. The van der Waals surface area contributed by atoms with E-state index in [9.17, 15) is 0 Å². The second-order valence-corrected chi connectivity index (χ2v) is 5.90. The van der Waals surface area contributed by atoms with Gasteiger partial charge in [-0.05, 0) is 58.2 Å². The largest absolute Gasteiger partial charge is 0.311 e. The summed E-state index contributed by atoms with van der Waals surface area (Å²) in [6.07, 6.45) is 4.01. The molecule has 0 saturated carbocycles. The van der Waals surface area contributed by atoms with Crippen molar-refractivity contribution < 1.29 is 0 Å². The van der Waals surface area contributed by atoms with Gasteiger partial charge in [0.05, 0.1) is 0 Å². The lowest BCUT2D eigenvalue weighted by Gasteiger charge is -2.36. The molecular weight excluding hydrogens is 208 g/mol. The molecule has 1 N–H and O–H groups in total. The van der Waals surface area contributed by atoms with E-state index in [2.05, 4.69) is 44.8 Å². The third-order valence-corrected chi connectivity index (χ3v) is 4.81. The number of rotatable bonds is 6. The fraction of sp³-hybridized carbons (Fsp3) is 1.00. The minimum absolute atomic E-state index is 0.652. The lowest BCUT2D eigenvalue weighted by atomic mass is 9.89. The van der Waals surface area contributed by atoms with Crippen LogP contribution in [0.3, 0.4) is 0 Å². The molecule has 102 valence electrons. The van der Waals surface area contributed by atoms with Gasteiger partial charge in [0.1, 0.15) is 0 Å². The summed E-state index contributed by atoms with van der Waals surface area (Å²) in [4.78, 5) is 2.57. The molecule has 2 heteroatoms. The van der Waals surface area contributed by atoms with Crippen LogP contribution in [0.2, 0.25) is 0 Å². The third kappa shape index (κ3) is 4.59. The summed E-state index contributed by atoms with van der Waals surface area (Å²) in [6.45, 7) is 15.4.